The highest BCUT2D eigenvalue weighted by molar-refractivity contribution is 6.31. The predicted molar refractivity (Wildman–Crippen MR) is 58.4 cm³/mol. The van der Waals surface area contributed by atoms with Crippen molar-refractivity contribution in [2.75, 3.05) is 19.0 Å². The lowest BCUT2D eigenvalue weighted by Crippen LogP contribution is -2.29. The fourth-order valence-corrected chi connectivity index (χ4v) is 1.17. The van der Waals surface area contributed by atoms with Crippen LogP contribution in [-0.2, 0) is 0 Å². The van der Waals surface area contributed by atoms with Crippen LogP contribution in [0.1, 0.15) is 13.8 Å². The fourth-order valence-electron chi connectivity index (χ4n) is 0.959. The van der Waals surface area contributed by atoms with Gasteiger partial charge in [0.05, 0.1) is 12.7 Å². The molecule has 0 fully saturated rings. The van der Waals surface area contributed by atoms with Crippen molar-refractivity contribution >= 4 is 17.4 Å². The predicted octanol–water partition coefficient (Wildman–Crippen LogP) is 1.32. The number of hydrogen-bond acceptors (Lipinski definition) is 5. The van der Waals surface area contributed by atoms with Gasteiger partial charge in [0.2, 0.25) is 0 Å². The Labute approximate surface area is 93.5 Å². The second-order valence-corrected chi connectivity index (χ2v) is 4.07. The van der Waals surface area contributed by atoms with E-state index in [4.69, 9.17) is 16.3 Å². The Hall–Kier alpha value is -1.07. The summed E-state index contributed by atoms with van der Waals surface area (Å²) in [5, 5.41) is 12.7. The van der Waals surface area contributed by atoms with Gasteiger partial charge in [-0.25, -0.2) is 9.97 Å². The highest BCUT2D eigenvalue weighted by atomic mass is 35.5. The zero-order chi connectivity index (χ0) is 11.5. The number of nitrogens with zero attached hydrogens (tertiary/aromatic N) is 2. The zero-order valence-corrected chi connectivity index (χ0v) is 9.67. The number of aromatic nitrogens is 2. The largest absolute Gasteiger partial charge is 0.490 e. The van der Waals surface area contributed by atoms with Crippen LogP contribution in [0.4, 0.5) is 5.82 Å². The molecule has 0 spiro atoms. The third kappa shape index (κ3) is 3.53. The third-order valence-electron chi connectivity index (χ3n) is 1.65. The number of aliphatic hydroxyl groups is 1. The fraction of sp³-hybridized carbons (Fsp3) is 0.556. The number of halogens is 1. The van der Waals surface area contributed by atoms with Crippen LogP contribution < -0.4 is 10.1 Å². The van der Waals surface area contributed by atoms with Crippen LogP contribution in [0.25, 0.3) is 0 Å². The van der Waals surface area contributed by atoms with Crippen molar-refractivity contribution in [3.05, 3.63) is 11.5 Å². The summed E-state index contributed by atoms with van der Waals surface area (Å²) >= 11 is 5.80. The Kier molecular flexibility index (Phi) is 3.71. The summed E-state index contributed by atoms with van der Waals surface area (Å²) in [6.45, 7) is 3.72. The molecule has 0 radical (unpaired) electrons. The van der Waals surface area contributed by atoms with Crippen LogP contribution in [0.3, 0.4) is 0 Å². The Morgan fingerprint density at radius 1 is 1.53 bits per heavy atom. The van der Waals surface area contributed by atoms with Gasteiger partial charge in [0.25, 0.3) is 0 Å². The van der Waals surface area contributed by atoms with E-state index < -0.39 is 5.60 Å². The number of ether oxygens (including phenoxy) is 1. The van der Waals surface area contributed by atoms with Crippen LogP contribution in [-0.4, -0.2) is 34.3 Å². The van der Waals surface area contributed by atoms with Gasteiger partial charge >= 0.3 is 0 Å². The van der Waals surface area contributed by atoms with E-state index in [1.54, 1.807) is 13.8 Å². The van der Waals surface area contributed by atoms with Crippen LogP contribution >= 0.6 is 11.6 Å². The van der Waals surface area contributed by atoms with Gasteiger partial charge in [-0.1, -0.05) is 11.6 Å². The van der Waals surface area contributed by atoms with Gasteiger partial charge < -0.3 is 15.2 Å². The van der Waals surface area contributed by atoms with Gasteiger partial charge in [0, 0.05) is 6.54 Å². The zero-order valence-electron chi connectivity index (χ0n) is 8.91. The standard InChI is InChI=1S/C9H14ClN3O2/c1-9(2,14)4-11-8-6(15-3)7(10)12-5-13-8/h5,14H,4H2,1-3H3,(H,11,12,13). The molecule has 0 aliphatic carbocycles. The van der Waals surface area contributed by atoms with Crippen molar-refractivity contribution in [2.45, 2.75) is 19.4 Å². The maximum Gasteiger partial charge on any atom is 0.198 e. The Bertz CT molecular complexity index is 339. The molecule has 0 aliphatic rings. The van der Waals surface area contributed by atoms with E-state index in [0.29, 0.717) is 18.1 Å². The van der Waals surface area contributed by atoms with Gasteiger partial charge in [0.15, 0.2) is 16.7 Å². The summed E-state index contributed by atoms with van der Waals surface area (Å²) in [6.07, 6.45) is 1.33. The minimum Gasteiger partial charge on any atom is -0.490 e. The lowest BCUT2D eigenvalue weighted by atomic mass is 10.1. The smallest absolute Gasteiger partial charge is 0.198 e. The molecule has 0 saturated carbocycles. The van der Waals surface area contributed by atoms with E-state index in [1.165, 1.54) is 13.4 Å². The van der Waals surface area contributed by atoms with Crippen molar-refractivity contribution in [1.29, 1.82) is 0 Å². The molecule has 0 aromatic carbocycles. The maximum absolute atomic E-state index is 9.53. The molecule has 0 atom stereocenters. The molecule has 2 N–H and O–H groups in total. The lowest BCUT2D eigenvalue weighted by Gasteiger charge is -2.19. The molecule has 0 amide bonds. The lowest BCUT2D eigenvalue weighted by molar-refractivity contribution is 0.0943. The van der Waals surface area contributed by atoms with Crippen molar-refractivity contribution in [3.63, 3.8) is 0 Å². The summed E-state index contributed by atoms with van der Waals surface area (Å²) in [7, 11) is 1.49. The van der Waals surface area contributed by atoms with Crippen LogP contribution in [0.2, 0.25) is 5.15 Å². The van der Waals surface area contributed by atoms with Crippen LogP contribution in [0.5, 0.6) is 5.75 Å². The maximum atomic E-state index is 9.53. The van der Waals surface area contributed by atoms with Crippen molar-refractivity contribution in [3.8, 4) is 5.75 Å². The molecule has 15 heavy (non-hydrogen) atoms. The molecule has 0 bridgehead atoms. The van der Waals surface area contributed by atoms with E-state index in [0.717, 1.165) is 0 Å². The van der Waals surface area contributed by atoms with Crippen molar-refractivity contribution in [1.82, 2.24) is 9.97 Å². The number of rotatable bonds is 4. The number of anilines is 1. The molecular formula is C9H14ClN3O2. The molecule has 1 aromatic heterocycles. The Morgan fingerprint density at radius 2 is 2.20 bits per heavy atom. The summed E-state index contributed by atoms with van der Waals surface area (Å²) < 4.78 is 5.04. The van der Waals surface area contributed by atoms with Crippen molar-refractivity contribution < 1.29 is 9.84 Å². The first-order valence-corrected chi connectivity index (χ1v) is 4.82. The average molecular weight is 232 g/mol. The molecule has 1 heterocycles. The van der Waals surface area contributed by atoms with E-state index in [-0.39, 0.29) is 5.15 Å². The first kappa shape index (κ1) is 12.0. The van der Waals surface area contributed by atoms with E-state index >= 15 is 0 Å². The Balaban J connectivity index is 2.81. The molecule has 0 saturated heterocycles. The van der Waals surface area contributed by atoms with Gasteiger partial charge in [-0.15, -0.1) is 0 Å². The molecule has 6 heteroatoms. The minimum atomic E-state index is -0.831. The number of hydrogen-bond donors (Lipinski definition) is 2. The second-order valence-electron chi connectivity index (χ2n) is 3.71. The number of nitrogens with one attached hydrogen (secondary N) is 1. The topological polar surface area (TPSA) is 67.3 Å². The molecule has 0 unspecified atom stereocenters. The summed E-state index contributed by atoms with van der Waals surface area (Å²) in [5.74, 6) is 0.850. The minimum absolute atomic E-state index is 0.241. The van der Waals surface area contributed by atoms with E-state index in [9.17, 15) is 5.11 Å². The summed E-state index contributed by atoms with van der Waals surface area (Å²) in [5.41, 5.74) is -0.831. The quantitative estimate of drug-likeness (QED) is 0.765. The third-order valence-corrected chi connectivity index (χ3v) is 1.92. The van der Waals surface area contributed by atoms with Crippen molar-refractivity contribution in [2.24, 2.45) is 0 Å². The highest BCUT2D eigenvalue weighted by Crippen LogP contribution is 2.28. The average Bonchev–Trinajstić information content (AvgIpc) is 2.13. The molecule has 1 rings (SSSR count). The molecule has 1 aromatic rings. The van der Waals surface area contributed by atoms with E-state index in [1.807, 2.05) is 0 Å². The molecule has 84 valence electrons. The van der Waals surface area contributed by atoms with E-state index in [2.05, 4.69) is 15.3 Å². The SMILES string of the molecule is COc1c(Cl)ncnc1NCC(C)(C)O. The first-order chi connectivity index (χ1) is 6.94. The van der Waals surface area contributed by atoms with Gasteiger partial charge in [-0.2, -0.15) is 0 Å². The first-order valence-electron chi connectivity index (χ1n) is 4.45. The molecular weight excluding hydrogens is 218 g/mol. The summed E-state index contributed by atoms with van der Waals surface area (Å²) in [6, 6.07) is 0. The van der Waals surface area contributed by atoms with Gasteiger partial charge in [-0.3, -0.25) is 0 Å². The van der Waals surface area contributed by atoms with Gasteiger partial charge in [0.1, 0.15) is 6.33 Å². The highest BCUT2D eigenvalue weighted by Gasteiger charge is 2.15. The molecule has 5 nitrogen and oxygen atoms in total. The normalized spacial score (nSPS) is 11.3. The summed E-state index contributed by atoms with van der Waals surface area (Å²) in [4.78, 5) is 7.75. The monoisotopic (exact) mass is 231 g/mol. The Morgan fingerprint density at radius 3 is 2.73 bits per heavy atom. The number of methoxy groups -OCH3 is 1. The van der Waals surface area contributed by atoms with Gasteiger partial charge in [-0.05, 0) is 13.8 Å². The molecule has 0 aliphatic heterocycles. The second kappa shape index (κ2) is 4.63. The van der Waals surface area contributed by atoms with Crippen LogP contribution in [0, 0.1) is 0 Å². The van der Waals surface area contributed by atoms with Crippen LogP contribution in [0.15, 0.2) is 6.33 Å².